The number of nitrogens with one attached hydrogen (secondary N) is 1. The number of rotatable bonds is 3. The van der Waals surface area contributed by atoms with Crippen LogP contribution in [0.5, 0.6) is 0 Å². The first kappa shape index (κ1) is 12.8. The van der Waals surface area contributed by atoms with Crippen molar-refractivity contribution in [1.29, 1.82) is 0 Å². The number of carboxylic acids is 1. The first-order valence-electron chi connectivity index (χ1n) is 6.06. The highest BCUT2D eigenvalue weighted by Gasteiger charge is 2.32. The van der Waals surface area contributed by atoms with Crippen molar-refractivity contribution in [3.63, 3.8) is 0 Å². The van der Waals surface area contributed by atoms with Crippen LogP contribution in [-0.4, -0.2) is 72.0 Å². The number of hydrogen-bond acceptors (Lipinski definition) is 4. The Hall–Kier alpha value is -1.63. The Bertz CT molecular complexity index is 363. The van der Waals surface area contributed by atoms with Crippen LogP contribution < -0.4 is 5.32 Å². The highest BCUT2D eigenvalue weighted by Crippen LogP contribution is 2.14. The average Bonchev–Trinajstić information content (AvgIpc) is 2.75. The minimum atomic E-state index is -0.847. The Morgan fingerprint density at radius 1 is 1.28 bits per heavy atom. The zero-order valence-electron chi connectivity index (χ0n) is 10.1. The van der Waals surface area contributed by atoms with Crippen molar-refractivity contribution in [2.45, 2.75) is 6.42 Å². The van der Waals surface area contributed by atoms with Gasteiger partial charge in [-0.2, -0.15) is 0 Å². The summed E-state index contributed by atoms with van der Waals surface area (Å²) in [5.41, 5.74) is 0. The number of aliphatic carboxylic acids is 1. The van der Waals surface area contributed by atoms with Crippen molar-refractivity contribution < 1.29 is 19.5 Å². The molecule has 0 radical (unpaired) electrons. The van der Waals surface area contributed by atoms with E-state index in [1.165, 1.54) is 0 Å². The lowest BCUT2D eigenvalue weighted by molar-refractivity contribution is -0.140. The Labute approximate surface area is 105 Å². The molecule has 7 nitrogen and oxygen atoms in total. The molecule has 0 bridgehead atoms. The summed E-state index contributed by atoms with van der Waals surface area (Å²) in [5.74, 6) is -1.16. The van der Waals surface area contributed by atoms with Crippen molar-refractivity contribution >= 4 is 17.8 Å². The normalized spacial score (nSPS) is 25.0. The van der Waals surface area contributed by atoms with Crippen LogP contribution in [0.2, 0.25) is 0 Å². The van der Waals surface area contributed by atoms with E-state index in [4.69, 9.17) is 5.11 Å². The highest BCUT2D eigenvalue weighted by atomic mass is 16.4. The second-order valence-corrected chi connectivity index (χ2v) is 4.70. The van der Waals surface area contributed by atoms with E-state index in [2.05, 4.69) is 5.32 Å². The molecule has 2 heterocycles. The minimum Gasteiger partial charge on any atom is -0.480 e. The molecule has 0 aliphatic carbocycles. The van der Waals surface area contributed by atoms with Crippen LogP contribution in [0.3, 0.4) is 0 Å². The van der Waals surface area contributed by atoms with Gasteiger partial charge in [0.2, 0.25) is 11.8 Å². The fourth-order valence-electron chi connectivity index (χ4n) is 2.36. The van der Waals surface area contributed by atoms with E-state index in [0.29, 0.717) is 32.7 Å². The first-order chi connectivity index (χ1) is 8.56. The van der Waals surface area contributed by atoms with Gasteiger partial charge in [-0.05, 0) is 0 Å². The fraction of sp³-hybridized carbons (Fsp3) is 0.727. The molecule has 0 aromatic heterocycles. The Morgan fingerprint density at radius 3 is 2.44 bits per heavy atom. The van der Waals surface area contributed by atoms with Gasteiger partial charge < -0.3 is 15.3 Å². The maximum Gasteiger partial charge on any atom is 0.317 e. The average molecular weight is 255 g/mol. The van der Waals surface area contributed by atoms with Gasteiger partial charge in [-0.25, -0.2) is 0 Å². The summed E-state index contributed by atoms with van der Waals surface area (Å²) in [6.07, 6.45) is 0.272. The topological polar surface area (TPSA) is 89.9 Å². The molecule has 0 aromatic rings. The first-order valence-corrected chi connectivity index (χ1v) is 6.06. The zero-order chi connectivity index (χ0) is 13.1. The van der Waals surface area contributed by atoms with Crippen molar-refractivity contribution in [1.82, 2.24) is 15.1 Å². The SMILES string of the molecule is O=C(O)CN1CCN(C(=O)C2CNC(=O)C2)CC1. The van der Waals surface area contributed by atoms with Gasteiger partial charge in [0.1, 0.15) is 0 Å². The quantitative estimate of drug-likeness (QED) is 0.631. The summed E-state index contributed by atoms with van der Waals surface area (Å²) in [4.78, 5) is 37.2. The van der Waals surface area contributed by atoms with Crippen LogP contribution in [0.4, 0.5) is 0 Å². The van der Waals surface area contributed by atoms with Crippen molar-refractivity contribution in [3.05, 3.63) is 0 Å². The summed E-state index contributed by atoms with van der Waals surface area (Å²) in [6.45, 7) is 2.67. The molecule has 2 amide bonds. The molecule has 2 fully saturated rings. The van der Waals surface area contributed by atoms with Crippen molar-refractivity contribution in [3.8, 4) is 0 Å². The summed E-state index contributed by atoms with van der Waals surface area (Å²) in [6, 6.07) is 0. The number of amides is 2. The van der Waals surface area contributed by atoms with Crippen molar-refractivity contribution in [2.24, 2.45) is 5.92 Å². The Balaban J connectivity index is 1.80. The van der Waals surface area contributed by atoms with Gasteiger partial charge in [0.15, 0.2) is 0 Å². The van der Waals surface area contributed by atoms with Gasteiger partial charge in [-0.15, -0.1) is 0 Å². The molecule has 2 aliphatic rings. The Morgan fingerprint density at radius 2 is 1.94 bits per heavy atom. The van der Waals surface area contributed by atoms with Crippen LogP contribution >= 0.6 is 0 Å². The van der Waals surface area contributed by atoms with E-state index in [1.807, 2.05) is 4.90 Å². The second kappa shape index (κ2) is 5.34. The lowest BCUT2D eigenvalue weighted by Gasteiger charge is -2.34. The fourth-order valence-corrected chi connectivity index (χ4v) is 2.36. The van der Waals surface area contributed by atoms with Gasteiger partial charge in [0.25, 0.3) is 0 Å². The number of carbonyl (C=O) groups is 3. The molecule has 18 heavy (non-hydrogen) atoms. The van der Waals surface area contributed by atoms with Crippen LogP contribution in [0.15, 0.2) is 0 Å². The molecule has 2 aliphatic heterocycles. The standard InChI is InChI=1S/C11H17N3O4/c15-9-5-8(6-12-9)11(18)14-3-1-13(2-4-14)7-10(16)17/h8H,1-7H2,(H,12,15)(H,16,17). The van der Waals surface area contributed by atoms with Gasteiger partial charge in [0, 0.05) is 39.1 Å². The van der Waals surface area contributed by atoms with E-state index in [0.717, 1.165) is 0 Å². The summed E-state index contributed by atoms with van der Waals surface area (Å²) >= 11 is 0. The molecule has 100 valence electrons. The molecular formula is C11H17N3O4. The minimum absolute atomic E-state index is 0.00308. The Kier molecular flexibility index (Phi) is 3.81. The molecule has 0 aromatic carbocycles. The van der Waals surface area contributed by atoms with E-state index >= 15 is 0 Å². The van der Waals surface area contributed by atoms with Crippen LogP contribution in [-0.2, 0) is 14.4 Å². The number of piperazine rings is 1. The molecule has 7 heteroatoms. The van der Waals surface area contributed by atoms with E-state index < -0.39 is 5.97 Å². The maximum atomic E-state index is 12.1. The summed E-state index contributed by atoms with van der Waals surface area (Å²) in [5, 5.41) is 11.3. The maximum absolute atomic E-state index is 12.1. The summed E-state index contributed by atoms with van der Waals surface area (Å²) < 4.78 is 0. The largest absolute Gasteiger partial charge is 0.480 e. The van der Waals surface area contributed by atoms with Crippen LogP contribution in [0.25, 0.3) is 0 Å². The molecule has 2 rings (SSSR count). The predicted octanol–water partition coefficient (Wildman–Crippen LogP) is -1.65. The number of hydrogen-bond donors (Lipinski definition) is 2. The van der Waals surface area contributed by atoms with Gasteiger partial charge in [0.05, 0.1) is 12.5 Å². The third-order valence-corrected chi connectivity index (χ3v) is 3.37. The van der Waals surface area contributed by atoms with Crippen LogP contribution in [0.1, 0.15) is 6.42 Å². The molecule has 0 saturated carbocycles. The van der Waals surface area contributed by atoms with Gasteiger partial charge >= 0.3 is 5.97 Å². The van der Waals surface area contributed by atoms with E-state index in [9.17, 15) is 14.4 Å². The van der Waals surface area contributed by atoms with Gasteiger partial charge in [-0.1, -0.05) is 0 Å². The monoisotopic (exact) mass is 255 g/mol. The molecule has 2 saturated heterocycles. The van der Waals surface area contributed by atoms with Crippen molar-refractivity contribution in [2.75, 3.05) is 39.3 Å². The third kappa shape index (κ3) is 2.98. The lowest BCUT2D eigenvalue weighted by atomic mass is 10.1. The lowest BCUT2D eigenvalue weighted by Crippen LogP contribution is -2.51. The summed E-state index contributed by atoms with van der Waals surface area (Å²) in [7, 11) is 0. The zero-order valence-corrected chi connectivity index (χ0v) is 10.1. The number of nitrogens with zero attached hydrogens (tertiary/aromatic N) is 2. The molecule has 0 spiro atoms. The number of carboxylic acid groups (broad SMARTS) is 1. The third-order valence-electron chi connectivity index (χ3n) is 3.37. The van der Waals surface area contributed by atoms with E-state index in [-0.39, 0.29) is 30.7 Å². The number of carbonyl (C=O) groups excluding carboxylic acids is 2. The highest BCUT2D eigenvalue weighted by molar-refractivity contribution is 5.89. The molecule has 1 unspecified atom stereocenters. The van der Waals surface area contributed by atoms with E-state index in [1.54, 1.807) is 4.90 Å². The molecular weight excluding hydrogens is 238 g/mol. The molecule has 1 atom stereocenters. The smallest absolute Gasteiger partial charge is 0.317 e. The molecule has 2 N–H and O–H groups in total. The predicted molar refractivity (Wildman–Crippen MR) is 61.8 cm³/mol. The second-order valence-electron chi connectivity index (χ2n) is 4.70. The van der Waals surface area contributed by atoms with Gasteiger partial charge in [-0.3, -0.25) is 19.3 Å². The van der Waals surface area contributed by atoms with Crippen LogP contribution in [0, 0.1) is 5.92 Å².